The van der Waals surface area contributed by atoms with Crippen LogP contribution in [0.25, 0.3) is 0 Å². The molecule has 100 valence electrons. The average Bonchev–Trinajstić information content (AvgIpc) is 2.34. The third-order valence-electron chi connectivity index (χ3n) is 2.40. The second-order valence-electron chi connectivity index (χ2n) is 3.93. The highest BCUT2D eigenvalue weighted by molar-refractivity contribution is 7.87. The fourth-order valence-electron chi connectivity index (χ4n) is 1.41. The number of hydrogen-bond donors (Lipinski definition) is 0. The van der Waals surface area contributed by atoms with Crippen molar-refractivity contribution in [2.45, 2.75) is 11.8 Å². The van der Waals surface area contributed by atoms with Crippen molar-refractivity contribution < 1.29 is 12.6 Å². The molecule has 19 heavy (non-hydrogen) atoms. The Labute approximate surface area is 121 Å². The van der Waals surface area contributed by atoms with Gasteiger partial charge in [-0.05, 0) is 31.2 Å². The molecule has 0 aliphatic rings. The first kappa shape index (κ1) is 14.2. The van der Waals surface area contributed by atoms with Gasteiger partial charge in [-0.3, -0.25) is 0 Å². The quantitative estimate of drug-likeness (QED) is 0.802. The van der Waals surface area contributed by atoms with Gasteiger partial charge in [0.2, 0.25) is 0 Å². The van der Waals surface area contributed by atoms with E-state index in [0.717, 1.165) is 5.56 Å². The van der Waals surface area contributed by atoms with Crippen LogP contribution in [0.4, 0.5) is 0 Å². The standard InChI is InChI=1S/C13H10Cl2O3S/c1-9-2-5-11(6-3-9)19(16,17)18-13-8-10(14)4-7-12(13)15/h2-8H,1H3. The molecular formula is C13H10Cl2O3S. The number of aryl methyl sites for hydroxylation is 1. The smallest absolute Gasteiger partial charge is 0.339 e. The van der Waals surface area contributed by atoms with Gasteiger partial charge in [0, 0.05) is 11.1 Å². The first-order valence-electron chi connectivity index (χ1n) is 5.35. The lowest BCUT2D eigenvalue weighted by Crippen LogP contribution is -2.10. The SMILES string of the molecule is Cc1ccc(S(=O)(=O)Oc2cc(Cl)ccc2Cl)cc1. The molecule has 3 nitrogen and oxygen atoms in total. The minimum atomic E-state index is -3.91. The minimum absolute atomic E-state index is 0.00902. The van der Waals surface area contributed by atoms with E-state index in [1.165, 1.54) is 24.3 Å². The molecule has 0 spiro atoms. The molecule has 0 atom stereocenters. The largest absolute Gasteiger partial charge is 0.377 e. The highest BCUT2D eigenvalue weighted by atomic mass is 35.5. The van der Waals surface area contributed by atoms with E-state index in [4.69, 9.17) is 27.4 Å². The number of benzene rings is 2. The molecule has 0 fully saturated rings. The van der Waals surface area contributed by atoms with Crippen LogP contribution in [0, 0.1) is 6.92 Å². The highest BCUT2D eigenvalue weighted by Crippen LogP contribution is 2.30. The summed E-state index contributed by atoms with van der Waals surface area (Å²) in [4.78, 5) is 0.0640. The molecule has 0 aromatic heterocycles. The molecule has 2 aromatic carbocycles. The van der Waals surface area contributed by atoms with Crippen molar-refractivity contribution in [2.24, 2.45) is 0 Å². The molecule has 0 amide bonds. The van der Waals surface area contributed by atoms with Crippen molar-refractivity contribution >= 4 is 33.3 Å². The van der Waals surface area contributed by atoms with Crippen molar-refractivity contribution in [3.8, 4) is 5.75 Å². The van der Waals surface area contributed by atoms with Crippen LogP contribution in [0.15, 0.2) is 47.4 Å². The molecular weight excluding hydrogens is 307 g/mol. The van der Waals surface area contributed by atoms with Crippen LogP contribution in [0.5, 0.6) is 5.75 Å². The summed E-state index contributed by atoms with van der Waals surface area (Å²) in [5, 5.41) is 0.526. The molecule has 0 aliphatic carbocycles. The number of hydrogen-bond acceptors (Lipinski definition) is 3. The van der Waals surface area contributed by atoms with Gasteiger partial charge in [0.05, 0.1) is 5.02 Å². The molecule has 0 radical (unpaired) electrons. The summed E-state index contributed by atoms with van der Waals surface area (Å²) in [5.74, 6) is 0.00902. The summed E-state index contributed by atoms with van der Waals surface area (Å²) in [6.45, 7) is 1.87. The third-order valence-corrected chi connectivity index (χ3v) is 4.20. The van der Waals surface area contributed by atoms with Gasteiger partial charge in [-0.25, -0.2) is 0 Å². The van der Waals surface area contributed by atoms with Crippen molar-refractivity contribution in [3.05, 3.63) is 58.1 Å². The number of rotatable bonds is 3. The molecule has 0 unspecified atom stereocenters. The Balaban J connectivity index is 2.36. The van der Waals surface area contributed by atoms with E-state index < -0.39 is 10.1 Å². The topological polar surface area (TPSA) is 43.4 Å². The molecule has 6 heteroatoms. The van der Waals surface area contributed by atoms with Crippen LogP contribution in [-0.2, 0) is 10.1 Å². The molecule has 0 saturated heterocycles. The third kappa shape index (κ3) is 3.41. The van der Waals surface area contributed by atoms with E-state index in [2.05, 4.69) is 0 Å². The predicted molar refractivity (Wildman–Crippen MR) is 75.5 cm³/mol. The second-order valence-corrected chi connectivity index (χ2v) is 6.32. The summed E-state index contributed by atoms with van der Waals surface area (Å²) in [7, 11) is -3.91. The molecule has 0 saturated carbocycles. The van der Waals surface area contributed by atoms with Crippen molar-refractivity contribution in [3.63, 3.8) is 0 Å². The van der Waals surface area contributed by atoms with Crippen molar-refractivity contribution in [2.75, 3.05) is 0 Å². The highest BCUT2D eigenvalue weighted by Gasteiger charge is 2.18. The van der Waals surface area contributed by atoms with E-state index in [0.29, 0.717) is 5.02 Å². The van der Waals surface area contributed by atoms with Crippen molar-refractivity contribution in [1.82, 2.24) is 0 Å². The Hall–Kier alpha value is -1.23. The summed E-state index contributed by atoms with van der Waals surface area (Å²) >= 11 is 11.6. The van der Waals surface area contributed by atoms with Crippen LogP contribution in [0.3, 0.4) is 0 Å². The van der Waals surface area contributed by atoms with Gasteiger partial charge in [0.25, 0.3) is 0 Å². The summed E-state index contributed by atoms with van der Waals surface area (Å²) in [5.41, 5.74) is 0.958. The molecule has 0 bridgehead atoms. The van der Waals surface area contributed by atoms with E-state index in [1.807, 2.05) is 6.92 Å². The van der Waals surface area contributed by atoms with E-state index >= 15 is 0 Å². The second kappa shape index (κ2) is 5.41. The van der Waals surface area contributed by atoms with Crippen LogP contribution < -0.4 is 4.18 Å². The maximum absolute atomic E-state index is 12.1. The maximum atomic E-state index is 12.1. The number of halogens is 2. The Kier molecular flexibility index (Phi) is 4.04. The van der Waals surface area contributed by atoms with Crippen LogP contribution in [0.2, 0.25) is 10.0 Å². The molecule has 0 aliphatic heterocycles. The van der Waals surface area contributed by atoms with Crippen LogP contribution in [0.1, 0.15) is 5.56 Å². The lowest BCUT2D eigenvalue weighted by molar-refractivity contribution is 0.486. The lowest BCUT2D eigenvalue weighted by atomic mass is 10.2. The molecule has 2 rings (SSSR count). The Morgan fingerprint density at radius 1 is 1.00 bits per heavy atom. The van der Waals surface area contributed by atoms with Gasteiger partial charge in [-0.2, -0.15) is 8.42 Å². The fourth-order valence-corrected chi connectivity index (χ4v) is 2.72. The van der Waals surface area contributed by atoms with Crippen LogP contribution in [-0.4, -0.2) is 8.42 Å². The zero-order valence-electron chi connectivity index (χ0n) is 9.93. The minimum Gasteiger partial charge on any atom is -0.377 e. The Morgan fingerprint density at radius 2 is 1.63 bits per heavy atom. The Bertz CT molecular complexity index is 694. The summed E-state index contributed by atoms with van der Waals surface area (Å²) in [6.07, 6.45) is 0. The zero-order chi connectivity index (χ0) is 14.0. The first-order chi connectivity index (χ1) is 8.88. The average molecular weight is 317 g/mol. The van der Waals surface area contributed by atoms with Crippen molar-refractivity contribution in [1.29, 1.82) is 0 Å². The van der Waals surface area contributed by atoms with Gasteiger partial charge in [-0.1, -0.05) is 40.9 Å². The molecule has 2 aromatic rings. The van der Waals surface area contributed by atoms with Gasteiger partial charge >= 0.3 is 10.1 Å². The molecule has 0 heterocycles. The monoisotopic (exact) mass is 316 g/mol. The van der Waals surface area contributed by atoms with Gasteiger partial charge < -0.3 is 4.18 Å². The first-order valence-corrected chi connectivity index (χ1v) is 7.51. The van der Waals surface area contributed by atoms with Gasteiger partial charge in [0.15, 0.2) is 5.75 Å². The normalized spacial score (nSPS) is 11.3. The van der Waals surface area contributed by atoms with Gasteiger partial charge in [-0.15, -0.1) is 0 Å². The molecule has 0 N–H and O–H groups in total. The summed E-state index contributed by atoms with van der Waals surface area (Å²) in [6, 6.07) is 10.7. The van der Waals surface area contributed by atoms with Gasteiger partial charge in [0.1, 0.15) is 4.90 Å². The lowest BCUT2D eigenvalue weighted by Gasteiger charge is -2.09. The summed E-state index contributed by atoms with van der Waals surface area (Å²) < 4.78 is 29.1. The van der Waals surface area contributed by atoms with E-state index in [1.54, 1.807) is 18.2 Å². The maximum Gasteiger partial charge on any atom is 0.339 e. The zero-order valence-corrected chi connectivity index (χ0v) is 12.3. The van der Waals surface area contributed by atoms with Crippen LogP contribution >= 0.6 is 23.2 Å². The fraction of sp³-hybridized carbons (Fsp3) is 0.0769. The van der Waals surface area contributed by atoms with E-state index in [-0.39, 0.29) is 15.7 Å². The van der Waals surface area contributed by atoms with E-state index in [9.17, 15) is 8.42 Å². The Morgan fingerprint density at radius 3 is 2.26 bits per heavy atom. The predicted octanol–water partition coefficient (Wildman–Crippen LogP) is 4.07.